The minimum Gasteiger partial charge on any atom is -0.376 e. The molecular formula is C20H24N2O3S. The highest BCUT2D eigenvalue weighted by Crippen LogP contribution is 2.19. The van der Waals surface area contributed by atoms with Crippen LogP contribution in [-0.4, -0.2) is 36.0 Å². The van der Waals surface area contributed by atoms with Gasteiger partial charge in [0, 0.05) is 37.1 Å². The van der Waals surface area contributed by atoms with Gasteiger partial charge < -0.3 is 15.0 Å². The van der Waals surface area contributed by atoms with E-state index in [1.807, 2.05) is 40.6 Å². The molecule has 0 saturated carbocycles. The summed E-state index contributed by atoms with van der Waals surface area (Å²) in [5.74, 6) is -0.0520. The van der Waals surface area contributed by atoms with Crippen LogP contribution in [0.15, 0.2) is 41.8 Å². The number of thiophene rings is 1. The van der Waals surface area contributed by atoms with Crippen LogP contribution in [0.5, 0.6) is 0 Å². The first-order chi connectivity index (χ1) is 12.6. The number of nitrogens with one attached hydrogen (secondary N) is 1. The van der Waals surface area contributed by atoms with E-state index in [4.69, 9.17) is 4.74 Å². The molecular weight excluding hydrogens is 348 g/mol. The van der Waals surface area contributed by atoms with Gasteiger partial charge in [-0.05, 0) is 42.0 Å². The largest absolute Gasteiger partial charge is 0.376 e. The molecule has 2 amide bonds. The van der Waals surface area contributed by atoms with Crippen LogP contribution in [0, 0.1) is 0 Å². The average Bonchev–Trinajstić information content (AvgIpc) is 3.33. The number of amides is 2. The van der Waals surface area contributed by atoms with Crippen molar-refractivity contribution in [2.24, 2.45) is 0 Å². The quantitative estimate of drug-likeness (QED) is 0.812. The topological polar surface area (TPSA) is 58.6 Å². The molecule has 1 N–H and O–H groups in total. The van der Waals surface area contributed by atoms with Crippen LogP contribution in [0.3, 0.4) is 0 Å². The summed E-state index contributed by atoms with van der Waals surface area (Å²) < 4.78 is 5.73. The molecule has 1 aliphatic heterocycles. The van der Waals surface area contributed by atoms with Gasteiger partial charge in [-0.1, -0.05) is 18.2 Å². The summed E-state index contributed by atoms with van der Waals surface area (Å²) in [5.41, 5.74) is 1.63. The zero-order valence-electron chi connectivity index (χ0n) is 14.9. The molecule has 0 radical (unpaired) electrons. The Balaban J connectivity index is 1.69. The molecule has 2 heterocycles. The highest BCUT2D eigenvalue weighted by atomic mass is 32.1. The van der Waals surface area contributed by atoms with Gasteiger partial charge in [0.2, 0.25) is 5.91 Å². The molecule has 0 aliphatic carbocycles. The number of hydrogen-bond donors (Lipinski definition) is 1. The second kappa shape index (κ2) is 8.96. The molecule has 1 unspecified atom stereocenters. The Morgan fingerprint density at radius 1 is 1.27 bits per heavy atom. The lowest BCUT2D eigenvalue weighted by atomic mass is 10.1. The maximum Gasteiger partial charge on any atom is 0.254 e. The van der Waals surface area contributed by atoms with E-state index in [2.05, 4.69) is 11.4 Å². The molecule has 3 rings (SSSR count). The zero-order chi connectivity index (χ0) is 18.4. The van der Waals surface area contributed by atoms with Crippen LogP contribution >= 0.6 is 11.3 Å². The molecule has 1 aliphatic rings. The summed E-state index contributed by atoms with van der Waals surface area (Å²) in [5, 5.41) is 4.79. The first-order valence-corrected chi connectivity index (χ1v) is 9.76. The van der Waals surface area contributed by atoms with Crippen molar-refractivity contribution in [3.8, 4) is 0 Å². The Hall–Kier alpha value is -2.18. The van der Waals surface area contributed by atoms with Gasteiger partial charge in [0.1, 0.15) is 0 Å². The van der Waals surface area contributed by atoms with Gasteiger partial charge in [0.15, 0.2) is 0 Å². The lowest BCUT2D eigenvalue weighted by molar-refractivity contribution is -0.119. The van der Waals surface area contributed by atoms with E-state index in [1.165, 1.54) is 11.8 Å². The van der Waals surface area contributed by atoms with Gasteiger partial charge >= 0.3 is 0 Å². The predicted molar refractivity (Wildman–Crippen MR) is 102 cm³/mol. The van der Waals surface area contributed by atoms with Crippen molar-refractivity contribution in [3.05, 3.63) is 57.8 Å². The van der Waals surface area contributed by atoms with Gasteiger partial charge in [0.25, 0.3) is 5.91 Å². The molecule has 138 valence electrons. The number of rotatable bonds is 7. The van der Waals surface area contributed by atoms with Crippen LogP contribution in [0.1, 0.15) is 40.6 Å². The maximum absolute atomic E-state index is 13.0. The van der Waals surface area contributed by atoms with E-state index < -0.39 is 0 Å². The number of nitrogens with zero attached hydrogens (tertiary/aromatic N) is 1. The van der Waals surface area contributed by atoms with Crippen molar-refractivity contribution < 1.29 is 14.3 Å². The molecule has 1 saturated heterocycles. The Morgan fingerprint density at radius 2 is 2.08 bits per heavy atom. The maximum atomic E-state index is 13.0. The summed E-state index contributed by atoms with van der Waals surface area (Å²) in [6, 6.07) is 11.5. The fourth-order valence-electron chi connectivity index (χ4n) is 3.02. The fraction of sp³-hybridized carbons (Fsp3) is 0.400. The molecule has 5 nitrogen and oxygen atoms in total. The van der Waals surface area contributed by atoms with Gasteiger partial charge in [0.05, 0.1) is 12.6 Å². The third kappa shape index (κ3) is 5.16. The summed E-state index contributed by atoms with van der Waals surface area (Å²) in [6.45, 7) is 3.96. The second-order valence-electron chi connectivity index (χ2n) is 6.51. The van der Waals surface area contributed by atoms with Gasteiger partial charge in [-0.15, -0.1) is 11.3 Å². The average molecular weight is 372 g/mol. The third-order valence-electron chi connectivity index (χ3n) is 4.40. The van der Waals surface area contributed by atoms with Crippen LogP contribution in [-0.2, 0) is 22.6 Å². The Bertz CT molecular complexity index is 722. The van der Waals surface area contributed by atoms with Crippen molar-refractivity contribution in [2.75, 3.05) is 13.2 Å². The van der Waals surface area contributed by atoms with Crippen LogP contribution < -0.4 is 5.32 Å². The standard InChI is InChI=1S/C20H24N2O3S/c1-15(23)21-12-16-6-8-17(9-7-16)20(24)22(13-18-4-2-10-25-18)14-19-5-3-11-26-19/h3,5-9,11,18H,2,4,10,12-14H2,1H3,(H,21,23). The SMILES string of the molecule is CC(=O)NCc1ccc(C(=O)N(Cc2cccs2)CC2CCCO2)cc1. The normalized spacial score (nSPS) is 16.4. The number of benzene rings is 1. The molecule has 0 spiro atoms. The number of ether oxygens (including phenoxy) is 1. The molecule has 26 heavy (non-hydrogen) atoms. The number of carbonyl (C=O) groups is 2. The van der Waals surface area contributed by atoms with E-state index >= 15 is 0 Å². The van der Waals surface area contributed by atoms with Crippen molar-refractivity contribution in [1.82, 2.24) is 10.2 Å². The van der Waals surface area contributed by atoms with Crippen molar-refractivity contribution in [1.29, 1.82) is 0 Å². The summed E-state index contributed by atoms with van der Waals surface area (Å²) in [7, 11) is 0. The van der Waals surface area contributed by atoms with Gasteiger partial charge in [-0.3, -0.25) is 9.59 Å². The van der Waals surface area contributed by atoms with Crippen molar-refractivity contribution in [3.63, 3.8) is 0 Å². The van der Waals surface area contributed by atoms with Crippen LogP contribution in [0.4, 0.5) is 0 Å². The minimum absolute atomic E-state index is 0.0139. The van der Waals surface area contributed by atoms with Crippen molar-refractivity contribution >= 4 is 23.2 Å². The van der Waals surface area contributed by atoms with Gasteiger partial charge in [-0.25, -0.2) is 0 Å². The third-order valence-corrected chi connectivity index (χ3v) is 5.27. The van der Waals surface area contributed by atoms with Gasteiger partial charge in [-0.2, -0.15) is 0 Å². The monoisotopic (exact) mass is 372 g/mol. The molecule has 1 aromatic carbocycles. The smallest absolute Gasteiger partial charge is 0.254 e. The Labute approximate surface area is 158 Å². The molecule has 0 bridgehead atoms. The van der Waals surface area contributed by atoms with E-state index in [1.54, 1.807) is 11.3 Å². The molecule has 1 aromatic heterocycles. The van der Waals surface area contributed by atoms with Crippen molar-refractivity contribution in [2.45, 2.75) is 39.0 Å². The van der Waals surface area contributed by atoms with E-state index in [0.29, 0.717) is 25.2 Å². The summed E-state index contributed by atoms with van der Waals surface area (Å²) in [4.78, 5) is 27.1. The fourth-order valence-corrected chi connectivity index (χ4v) is 3.74. The Morgan fingerprint density at radius 3 is 2.69 bits per heavy atom. The van der Waals surface area contributed by atoms with E-state index in [0.717, 1.165) is 25.0 Å². The molecule has 6 heteroatoms. The highest BCUT2D eigenvalue weighted by Gasteiger charge is 2.24. The molecule has 1 fully saturated rings. The zero-order valence-corrected chi connectivity index (χ0v) is 15.8. The number of hydrogen-bond acceptors (Lipinski definition) is 4. The summed E-state index contributed by atoms with van der Waals surface area (Å²) >= 11 is 1.66. The number of carbonyl (C=O) groups excluding carboxylic acids is 2. The van der Waals surface area contributed by atoms with E-state index in [9.17, 15) is 9.59 Å². The lowest BCUT2D eigenvalue weighted by Gasteiger charge is -2.25. The summed E-state index contributed by atoms with van der Waals surface area (Å²) in [6.07, 6.45) is 2.19. The molecule has 1 atom stereocenters. The predicted octanol–water partition coefficient (Wildman–Crippen LogP) is 3.21. The first kappa shape index (κ1) is 18.6. The van der Waals surface area contributed by atoms with Crippen LogP contribution in [0.25, 0.3) is 0 Å². The highest BCUT2D eigenvalue weighted by molar-refractivity contribution is 7.09. The van der Waals surface area contributed by atoms with E-state index in [-0.39, 0.29) is 17.9 Å². The second-order valence-corrected chi connectivity index (χ2v) is 7.54. The first-order valence-electron chi connectivity index (χ1n) is 8.88. The van der Waals surface area contributed by atoms with Crippen LogP contribution in [0.2, 0.25) is 0 Å². The minimum atomic E-state index is -0.0659. The Kier molecular flexibility index (Phi) is 6.41. The lowest BCUT2D eigenvalue weighted by Crippen LogP contribution is -2.36. The molecule has 2 aromatic rings.